The molecule has 1 aromatic heterocycles. The van der Waals surface area contributed by atoms with Crippen LogP contribution in [0.2, 0.25) is 0 Å². The molecular formula is C11H16N4O4. The van der Waals surface area contributed by atoms with Gasteiger partial charge in [-0.15, -0.1) is 0 Å². The van der Waals surface area contributed by atoms with E-state index in [1.807, 2.05) is 0 Å². The second-order valence-corrected chi connectivity index (χ2v) is 4.29. The van der Waals surface area contributed by atoms with Crippen LogP contribution in [0, 0.1) is 0 Å². The topological polar surface area (TPSA) is 127 Å². The number of ether oxygens (including phenoxy) is 1. The Labute approximate surface area is 110 Å². The molecule has 0 saturated carbocycles. The zero-order chi connectivity index (χ0) is 14.6. The van der Waals surface area contributed by atoms with Gasteiger partial charge >= 0.3 is 6.09 Å². The number of pyridine rings is 1. The molecular weight excluding hydrogens is 252 g/mol. The van der Waals surface area contributed by atoms with Crippen LogP contribution in [0.3, 0.4) is 0 Å². The van der Waals surface area contributed by atoms with Crippen LogP contribution in [0.5, 0.6) is 5.75 Å². The Morgan fingerprint density at radius 2 is 2.05 bits per heavy atom. The molecule has 0 spiro atoms. The molecule has 1 aromatic rings. The number of nitrogens with zero attached hydrogens (tertiary/aromatic N) is 1. The third-order valence-corrected chi connectivity index (χ3v) is 2.33. The molecule has 0 aliphatic rings. The van der Waals surface area contributed by atoms with Crippen molar-refractivity contribution in [3.63, 3.8) is 0 Å². The third-order valence-electron chi connectivity index (χ3n) is 2.33. The summed E-state index contributed by atoms with van der Waals surface area (Å²) in [5.74, 6) is 0.181. The largest absolute Gasteiger partial charge is 0.493 e. The van der Waals surface area contributed by atoms with Crippen molar-refractivity contribution < 1.29 is 19.4 Å². The van der Waals surface area contributed by atoms with Gasteiger partial charge < -0.3 is 26.2 Å². The average Bonchev–Trinajstić information content (AvgIpc) is 2.27. The van der Waals surface area contributed by atoms with Gasteiger partial charge in [0.2, 0.25) is 0 Å². The normalized spacial score (nSPS) is 10.7. The molecule has 0 aliphatic carbocycles. The standard InChI is InChI=1S/C11H16N4O4/c1-11(2,15-10(17)18)9(16)14-7-5-4-6(19-3)8(12)13-7/h4-5,15H,1-3H3,(H,17,18)(H3,12,13,14,16). The molecule has 8 heteroatoms. The van der Waals surface area contributed by atoms with Crippen molar-refractivity contribution in [2.45, 2.75) is 19.4 Å². The van der Waals surface area contributed by atoms with Gasteiger partial charge in [0.25, 0.3) is 5.91 Å². The number of carbonyl (C=O) groups excluding carboxylic acids is 1. The van der Waals surface area contributed by atoms with Crippen LogP contribution in [0.4, 0.5) is 16.4 Å². The van der Waals surface area contributed by atoms with E-state index < -0.39 is 17.5 Å². The summed E-state index contributed by atoms with van der Waals surface area (Å²) in [4.78, 5) is 26.4. The molecule has 8 nitrogen and oxygen atoms in total. The van der Waals surface area contributed by atoms with Crippen molar-refractivity contribution in [3.05, 3.63) is 12.1 Å². The van der Waals surface area contributed by atoms with E-state index in [0.29, 0.717) is 5.75 Å². The van der Waals surface area contributed by atoms with Gasteiger partial charge in [0.15, 0.2) is 11.6 Å². The average molecular weight is 268 g/mol. The van der Waals surface area contributed by atoms with Crippen LogP contribution in [-0.2, 0) is 4.79 Å². The molecule has 0 aliphatic heterocycles. The van der Waals surface area contributed by atoms with Gasteiger partial charge in [-0.05, 0) is 26.0 Å². The smallest absolute Gasteiger partial charge is 0.405 e. The molecule has 0 saturated heterocycles. The number of rotatable bonds is 4. The van der Waals surface area contributed by atoms with Crippen molar-refractivity contribution in [2.75, 3.05) is 18.2 Å². The summed E-state index contributed by atoms with van der Waals surface area (Å²) in [7, 11) is 1.45. The molecule has 0 unspecified atom stereocenters. The lowest BCUT2D eigenvalue weighted by molar-refractivity contribution is -0.121. The maximum atomic E-state index is 11.9. The number of carbonyl (C=O) groups is 2. The first-order chi connectivity index (χ1) is 8.76. The van der Waals surface area contributed by atoms with Crippen molar-refractivity contribution in [1.29, 1.82) is 0 Å². The molecule has 0 aromatic carbocycles. The van der Waals surface area contributed by atoms with Gasteiger partial charge in [0, 0.05) is 0 Å². The fourth-order valence-electron chi connectivity index (χ4n) is 1.30. The minimum absolute atomic E-state index is 0.129. The second kappa shape index (κ2) is 5.42. The summed E-state index contributed by atoms with van der Waals surface area (Å²) in [6.07, 6.45) is -1.29. The van der Waals surface area contributed by atoms with E-state index in [9.17, 15) is 9.59 Å². The number of methoxy groups -OCH3 is 1. The molecule has 1 rings (SSSR count). The number of aromatic nitrogens is 1. The Morgan fingerprint density at radius 1 is 1.42 bits per heavy atom. The van der Waals surface area contributed by atoms with Gasteiger partial charge in [-0.1, -0.05) is 0 Å². The molecule has 0 fully saturated rings. The Balaban J connectivity index is 2.82. The first kappa shape index (κ1) is 14.6. The highest BCUT2D eigenvalue weighted by Gasteiger charge is 2.29. The van der Waals surface area contributed by atoms with E-state index in [-0.39, 0.29) is 11.6 Å². The molecule has 0 atom stereocenters. The summed E-state index contributed by atoms with van der Waals surface area (Å²) in [5.41, 5.74) is 4.31. The minimum atomic E-state index is -1.29. The van der Waals surface area contributed by atoms with Crippen LogP contribution in [0.25, 0.3) is 0 Å². The van der Waals surface area contributed by atoms with Crippen LogP contribution < -0.4 is 21.1 Å². The van der Waals surface area contributed by atoms with Gasteiger partial charge in [0.05, 0.1) is 7.11 Å². The Hall–Kier alpha value is -2.51. The van der Waals surface area contributed by atoms with Crippen LogP contribution in [0.1, 0.15) is 13.8 Å². The maximum absolute atomic E-state index is 11.9. The fraction of sp³-hybridized carbons (Fsp3) is 0.364. The zero-order valence-electron chi connectivity index (χ0n) is 10.9. The Morgan fingerprint density at radius 3 is 2.53 bits per heavy atom. The van der Waals surface area contributed by atoms with Crippen LogP contribution in [0.15, 0.2) is 12.1 Å². The second-order valence-electron chi connectivity index (χ2n) is 4.29. The highest BCUT2D eigenvalue weighted by Crippen LogP contribution is 2.21. The van der Waals surface area contributed by atoms with E-state index in [4.69, 9.17) is 15.6 Å². The van der Waals surface area contributed by atoms with Gasteiger partial charge in [0.1, 0.15) is 11.4 Å². The fourth-order valence-corrected chi connectivity index (χ4v) is 1.30. The molecule has 0 bridgehead atoms. The monoisotopic (exact) mass is 268 g/mol. The first-order valence-electron chi connectivity index (χ1n) is 5.39. The predicted octanol–water partition coefficient (Wildman–Crippen LogP) is 0.657. The SMILES string of the molecule is COc1ccc(NC(=O)C(C)(C)NC(=O)O)nc1N. The Kier molecular flexibility index (Phi) is 4.15. The first-order valence-corrected chi connectivity index (χ1v) is 5.39. The van der Waals surface area contributed by atoms with Gasteiger partial charge in [-0.25, -0.2) is 9.78 Å². The Bertz CT molecular complexity index is 501. The quantitative estimate of drug-likeness (QED) is 0.635. The number of carboxylic acid groups (broad SMARTS) is 1. The van der Waals surface area contributed by atoms with E-state index in [0.717, 1.165) is 0 Å². The van der Waals surface area contributed by atoms with Crippen LogP contribution >= 0.6 is 0 Å². The van der Waals surface area contributed by atoms with Gasteiger partial charge in [-0.3, -0.25) is 4.79 Å². The summed E-state index contributed by atoms with van der Waals surface area (Å²) >= 11 is 0. The number of nitrogens with two attached hydrogens (primary N) is 1. The highest BCUT2D eigenvalue weighted by molar-refractivity contribution is 5.98. The highest BCUT2D eigenvalue weighted by atomic mass is 16.5. The number of anilines is 2. The molecule has 5 N–H and O–H groups in total. The number of nitrogens with one attached hydrogen (secondary N) is 2. The predicted molar refractivity (Wildman–Crippen MR) is 69.1 cm³/mol. The van der Waals surface area contributed by atoms with E-state index >= 15 is 0 Å². The number of nitrogen functional groups attached to an aromatic ring is 1. The lowest BCUT2D eigenvalue weighted by Gasteiger charge is -2.23. The molecule has 1 heterocycles. The van der Waals surface area contributed by atoms with E-state index in [1.54, 1.807) is 6.07 Å². The van der Waals surface area contributed by atoms with Gasteiger partial charge in [-0.2, -0.15) is 0 Å². The number of amides is 2. The van der Waals surface area contributed by atoms with Crippen LogP contribution in [-0.4, -0.2) is 34.7 Å². The molecule has 0 radical (unpaired) electrons. The van der Waals surface area contributed by atoms with Crippen molar-refractivity contribution in [1.82, 2.24) is 10.3 Å². The number of hydrogen-bond acceptors (Lipinski definition) is 5. The third kappa shape index (κ3) is 3.73. The molecule has 2 amide bonds. The van der Waals surface area contributed by atoms with E-state index in [1.165, 1.54) is 27.0 Å². The van der Waals surface area contributed by atoms with Crippen molar-refractivity contribution in [3.8, 4) is 5.75 Å². The number of hydrogen-bond donors (Lipinski definition) is 4. The molecule has 19 heavy (non-hydrogen) atoms. The zero-order valence-corrected chi connectivity index (χ0v) is 10.9. The summed E-state index contributed by atoms with van der Waals surface area (Å²) in [6, 6.07) is 3.06. The van der Waals surface area contributed by atoms with Crippen molar-refractivity contribution >= 4 is 23.6 Å². The lowest BCUT2D eigenvalue weighted by atomic mass is 10.1. The minimum Gasteiger partial charge on any atom is -0.493 e. The van der Waals surface area contributed by atoms with Crippen molar-refractivity contribution in [2.24, 2.45) is 0 Å². The maximum Gasteiger partial charge on any atom is 0.405 e. The summed E-state index contributed by atoms with van der Waals surface area (Å²) in [6.45, 7) is 2.87. The summed E-state index contributed by atoms with van der Waals surface area (Å²) < 4.78 is 4.93. The lowest BCUT2D eigenvalue weighted by Crippen LogP contribution is -2.52. The summed E-state index contributed by atoms with van der Waals surface area (Å²) in [5, 5.41) is 13.2. The molecule has 104 valence electrons. The van der Waals surface area contributed by atoms with E-state index in [2.05, 4.69) is 15.6 Å².